The van der Waals surface area contributed by atoms with Crippen molar-refractivity contribution in [1.29, 1.82) is 0 Å². The predicted molar refractivity (Wildman–Crippen MR) is 159 cm³/mol. The Hall–Kier alpha value is -1.10. The van der Waals surface area contributed by atoms with E-state index in [2.05, 4.69) is 13.8 Å². The summed E-state index contributed by atoms with van der Waals surface area (Å²) in [5, 5.41) is 9.94. The van der Waals surface area contributed by atoms with Crippen molar-refractivity contribution in [2.75, 3.05) is 13.2 Å². The Morgan fingerprint density at radius 3 is 0.947 bits per heavy atom. The van der Waals surface area contributed by atoms with E-state index in [0.29, 0.717) is 12.8 Å². The lowest BCUT2D eigenvalue weighted by molar-refractivity contribution is -0.152. The fraction of sp³-hybridized carbons (Fsp3) is 0.939. The standard InChI is InChI=1S/C33H64O5/c1-3-5-7-9-11-13-15-16-18-20-22-24-26-28-33(36)38-30-31(34)29-37-32(35)27-25-23-21-19-17-14-12-10-8-6-4-2/h31,34H,3-30H2,1-2H3/t31-/m1/s1. The molecule has 0 spiro atoms. The van der Waals surface area contributed by atoms with E-state index in [1.165, 1.54) is 128 Å². The minimum Gasteiger partial charge on any atom is -0.463 e. The number of rotatable bonds is 30. The molecule has 0 saturated carbocycles. The number of ether oxygens (including phenoxy) is 2. The first-order chi connectivity index (χ1) is 18.6. The maximum atomic E-state index is 11.9. The van der Waals surface area contributed by atoms with Crippen LogP contribution in [0.5, 0.6) is 0 Å². The largest absolute Gasteiger partial charge is 0.463 e. The molecule has 38 heavy (non-hydrogen) atoms. The first kappa shape index (κ1) is 36.9. The van der Waals surface area contributed by atoms with Gasteiger partial charge < -0.3 is 14.6 Å². The van der Waals surface area contributed by atoms with Crippen molar-refractivity contribution in [1.82, 2.24) is 0 Å². The van der Waals surface area contributed by atoms with Gasteiger partial charge in [0, 0.05) is 12.8 Å². The Morgan fingerprint density at radius 2 is 0.684 bits per heavy atom. The lowest BCUT2D eigenvalue weighted by Crippen LogP contribution is -2.25. The van der Waals surface area contributed by atoms with E-state index >= 15 is 0 Å². The second-order valence-electron chi connectivity index (χ2n) is 11.3. The van der Waals surface area contributed by atoms with Gasteiger partial charge in [-0.2, -0.15) is 0 Å². The summed E-state index contributed by atoms with van der Waals surface area (Å²) in [5.74, 6) is -0.558. The molecule has 0 aliphatic rings. The molecule has 0 aliphatic heterocycles. The van der Waals surface area contributed by atoms with Crippen LogP contribution in [0.25, 0.3) is 0 Å². The number of aliphatic hydroxyl groups excluding tert-OH is 1. The average Bonchev–Trinajstić information content (AvgIpc) is 2.92. The summed E-state index contributed by atoms with van der Waals surface area (Å²) in [6, 6.07) is 0. The van der Waals surface area contributed by atoms with E-state index in [-0.39, 0.29) is 25.2 Å². The molecule has 0 rings (SSSR count). The zero-order valence-corrected chi connectivity index (χ0v) is 25.5. The Balaban J connectivity index is 3.40. The monoisotopic (exact) mass is 540 g/mol. The molecule has 0 amide bonds. The van der Waals surface area contributed by atoms with Gasteiger partial charge in [0.05, 0.1) is 0 Å². The van der Waals surface area contributed by atoms with Gasteiger partial charge in [-0.1, -0.05) is 155 Å². The number of hydrogen-bond donors (Lipinski definition) is 1. The fourth-order valence-electron chi connectivity index (χ4n) is 4.79. The molecule has 0 radical (unpaired) electrons. The van der Waals surface area contributed by atoms with Crippen LogP contribution in [0.15, 0.2) is 0 Å². The smallest absolute Gasteiger partial charge is 0.305 e. The molecule has 1 N–H and O–H groups in total. The summed E-state index contributed by atoms with van der Waals surface area (Å²) in [4.78, 5) is 23.7. The van der Waals surface area contributed by atoms with E-state index in [1.54, 1.807) is 0 Å². The van der Waals surface area contributed by atoms with Crippen LogP contribution in [-0.4, -0.2) is 36.4 Å². The normalized spacial score (nSPS) is 12.0. The molecular weight excluding hydrogens is 476 g/mol. The quantitative estimate of drug-likeness (QED) is 0.0725. The number of aliphatic hydroxyl groups is 1. The van der Waals surface area contributed by atoms with Gasteiger partial charge in [-0.15, -0.1) is 0 Å². The number of hydrogen-bond acceptors (Lipinski definition) is 5. The summed E-state index contributed by atoms with van der Waals surface area (Å²) in [7, 11) is 0. The van der Waals surface area contributed by atoms with Crippen molar-refractivity contribution in [3.63, 3.8) is 0 Å². The Bertz CT molecular complexity index is 508. The van der Waals surface area contributed by atoms with E-state index in [4.69, 9.17) is 9.47 Å². The minimum absolute atomic E-state index is 0.108. The summed E-state index contributed by atoms with van der Waals surface area (Å²) in [6.07, 6.45) is 30.0. The van der Waals surface area contributed by atoms with Gasteiger partial charge in [-0.25, -0.2) is 0 Å². The maximum Gasteiger partial charge on any atom is 0.305 e. The van der Waals surface area contributed by atoms with Crippen LogP contribution in [-0.2, 0) is 19.1 Å². The summed E-state index contributed by atoms with van der Waals surface area (Å²) in [6.45, 7) is 4.29. The lowest BCUT2D eigenvalue weighted by Gasteiger charge is -2.12. The SMILES string of the molecule is CCCCCCCCCCCCCCCC(=O)OC[C@H](O)COC(=O)CCCCCCCCCCCCC. The van der Waals surface area contributed by atoms with Gasteiger partial charge >= 0.3 is 11.9 Å². The molecule has 0 fully saturated rings. The number of esters is 2. The molecule has 0 bridgehead atoms. The highest BCUT2D eigenvalue weighted by atomic mass is 16.6. The minimum atomic E-state index is -0.952. The predicted octanol–water partition coefficient (Wildman–Crippen LogP) is 9.62. The van der Waals surface area contributed by atoms with Crippen LogP contribution in [0.1, 0.15) is 181 Å². The van der Waals surface area contributed by atoms with Crippen LogP contribution in [0, 0.1) is 0 Å². The molecule has 0 aromatic rings. The Kier molecular flexibility index (Phi) is 29.6. The molecule has 0 heterocycles. The van der Waals surface area contributed by atoms with Crippen molar-refractivity contribution < 1.29 is 24.2 Å². The van der Waals surface area contributed by atoms with Crippen LogP contribution in [0.3, 0.4) is 0 Å². The molecule has 0 unspecified atom stereocenters. The van der Waals surface area contributed by atoms with Crippen LogP contribution in [0.4, 0.5) is 0 Å². The molecule has 5 nitrogen and oxygen atoms in total. The van der Waals surface area contributed by atoms with Gasteiger partial charge in [-0.05, 0) is 12.8 Å². The molecule has 0 aromatic carbocycles. The van der Waals surface area contributed by atoms with E-state index in [1.807, 2.05) is 0 Å². The molecule has 0 aromatic heterocycles. The first-order valence-corrected chi connectivity index (χ1v) is 16.6. The van der Waals surface area contributed by atoms with Crippen molar-refractivity contribution in [3.8, 4) is 0 Å². The van der Waals surface area contributed by atoms with Crippen molar-refractivity contribution in [2.45, 2.75) is 187 Å². The van der Waals surface area contributed by atoms with Gasteiger partial charge in [0.25, 0.3) is 0 Å². The van der Waals surface area contributed by atoms with Crippen LogP contribution >= 0.6 is 0 Å². The molecular formula is C33H64O5. The summed E-state index contributed by atoms with van der Waals surface area (Å²) in [5.41, 5.74) is 0. The highest BCUT2D eigenvalue weighted by Crippen LogP contribution is 2.14. The third kappa shape index (κ3) is 29.5. The topological polar surface area (TPSA) is 72.8 Å². The Morgan fingerprint density at radius 1 is 0.447 bits per heavy atom. The number of unbranched alkanes of at least 4 members (excludes halogenated alkanes) is 22. The van der Waals surface area contributed by atoms with E-state index in [9.17, 15) is 14.7 Å². The molecule has 5 heteroatoms. The summed E-state index contributed by atoms with van der Waals surface area (Å²) >= 11 is 0. The van der Waals surface area contributed by atoms with Gasteiger partial charge in [-0.3, -0.25) is 9.59 Å². The molecule has 226 valence electrons. The van der Waals surface area contributed by atoms with Crippen molar-refractivity contribution >= 4 is 11.9 Å². The maximum absolute atomic E-state index is 11.9. The van der Waals surface area contributed by atoms with Crippen LogP contribution < -0.4 is 0 Å². The molecule has 0 saturated heterocycles. The van der Waals surface area contributed by atoms with Gasteiger partial charge in [0.2, 0.25) is 0 Å². The first-order valence-electron chi connectivity index (χ1n) is 16.6. The summed E-state index contributed by atoms with van der Waals surface area (Å²) < 4.78 is 10.3. The van der Waals surface area contributed by atoms with Crippen LogP contribution in [0.2, 0.25) is 0 Å². The van der Waals surface area contributed by atoms with Gasteiger partial charge in [0.1, 0.15) is 19.3 Å². The highest BCUT2D eigenvalue weighted by Gasteiger charge is 2.12. The zero-order chi connectivity index (χ0) is 27.9. The fourth-order valence-corrected chi connectivity index (χ4v) is 4.79. The van der Waals surface area contributed by atoms with Gasteiger partial charge in [0.15, 0.2) is 0 Å². The van der Waals surface area contributed by atoms with Crippen molar-refractivity contribution in [3.05, 3.63) is 0 Å². The second kappa shape index (κ2) is 30.4. The van der Waals surface area contributed by atoms with E-state index in [0.717, 1.165) is 25.7 Å². The third-order valence-corrected chi connectivity index (χ3v) is 7.34. The van der Waals surface area contributed by atoms with E-state index < -0.39 is 6.10 Å². The second-order valence-corrected chi connectivity index (χ2v) is 11.3. The zero-order valence-electron chi connectivity index (χ0n) is 25.5. The molecule has 1 atom stereocenters. The Labute approximate surface area is 236 Å². The average molecular weight is 541 g/mol. The highest BCUT2D eigenvalue weighted by molar-refractivity contribution is 5.69. The number of carbonyl (C=O) groups excluding carboxylic acids is 2. The molecule has 0 aliphatic carbocycles. The van der Waals surface area contributed by atoms with Crippen molar-refractivity contribution in [2.24, 2.45) is 0 Å². The third-order valence-electron chi connectivity index (χ3n) is 7.34. The number of carbonyl (C=O) groups is 2. The lowest BCUT2D eigenvalue weighted by atomic mass is 10.0.